The minimum absolute atomic E-state index is 0.0160. The summed E-state index contributed by atoms with van der Waals surface area (Å²) in [5.41, 5.74) is 1.16. The van der Waals surface area contributed by atoms with E-state index in [1.165, 1.54) is 19.1 Å². The summed E-state index contributed by atoms with van der Waals surface area (Å²) in [5.74, 6) is -9.08. The molecule has 0 aliphatic carbocycles. The summed E-state index contributed by atoms with van der Waals surface area (Å²) >= 11 is 0. The van der Waals surface area contributed by atoms with E-state index in [0.29, 0.717) is 11.3 Å². The molecule has 0 spiro atoms. The molecule has 0 fully saturated rings. The third kappa shape index (κ3) is 9.65. The fraction of sp³-hybridized carbons (Fsp3) is 0.316. The largest absolute Gasteiger partial charge is 0.481 e. The van der Waals surface area contributed by atoms with E-state index in [2.05, 4.69) is 5.32 Å². The van der Waals surface area contributed by atoms with Gasteiger partial charge in [0.05, 0.1) is 25.0 Å². The Morgan fingerprint density at radius 1 is 0.840 bits per heavy atom. The SMILES string of the molecule is CCOC(=O)C(CC(=O)O)C(=O)C(=O)N(Cc1ccc2ccccc2c1)C(C)C(Cc1ccc(C(=O)Nc2ccccc2)o1)C(=O)OC(C)C. The minimum Gasteiger partial charge on any atom is -0.481 e. The van der Waals surface area contributed by atoms with Gasteiger partial charge in [-0.2, -0.15) is 0 Å². The van der Waals surface area contributed by atoms with Crippen molar-refractivity contribution in [2.75, 3.05) is 11.9 Å². The molecule has 12 heteroatoms. The van der Waals surface area contributed by atoms with Crippen molar-refractivity contribution in [2.24, 2.45) is 11.8 Å². The summed E-state index contributed by atoms with van der Waals surface area (Å²) in [4.78, 5) is 79.8. The molecule has 0 aliphatic rings. The molecule has 0 bridgehead atoms. The molecule has 262 valence electrons. The quantitative estimate of drug-likeness (QED) is 0.0881. The van der Waals surface area contributed by atoms with Gasteiger partial charge in [-0.25, -0.2) is 0 Å². The van der Waals surface area contributed by atoms with Crippen molar-refractivity contribution >= 4 is 52.0 Å². The molecule has 4 aromatic rings. The van der Waals surface area contributed by atoms with Crippen LogP contribution in [0.3, 0.4) is 0 Å². The van der Waals surface area contributed by atoms with E-state index >= 15 is 0 Å². The summed E-state index contributed by atoms with van der Waals surface area (Å²) in [6.07, 6.45) is -1.62. The first-order valence-corrected chi connectivity index (χ1v) is 16.2. The third-order valence-corrected chi connectivity index (χ3v) is 7.97. The molecule has 50 heavy (non-hydrogen) atoms. The van der Waals surface area contributed by atoms with Crippen LogP contribution in [-0.4, -0.2) is 64.3 Å². The topological polar surface area (TPSA) is 170 Å². The number of amides is 2. The molecule has 3 unspecified atom stereocenters. The summed E-state index contributed by atoms with van der Waals surface area (Å²) in [5, 5.41) is 14.0. The maximum absolute atomic E-state index is 14.1. The lowest BCUT2D eigenvalue weighted by Gasteiger charge is -2.34. The normalized spacial score (nSPS) is 12.8. The third-order valence-electron chi connectivity index (χ3n) is 7.97. The van der Waals surface area contributed by atoms with Crippen LogP contribution in [-0.2, 0) is 46.4 Å². The lowest BCUT2D eigenvalue weighted by atomic mass is 9.92. The fourth-order valence-electron chi connectivity index (χ4n) is 5.45. The van der Waals surface area contributed by atoms with Gasteiger partial charge in [-0.3, -0.25) is 28.8 Å². The molecule has 3 atom stereocenters. The second kappa shape index (κ2) is 17.0. The van der Waals surface area contributed by atoms with Crippen molar-refractivity contribution in [3.8, 4) is 0 Å². The smallest absolute Gasteiger partial charge is 0.317 e. The molecule has 0 radical (unpaired) electrons. The average Bonchev–Trinajstić information content (AvgIpc) is 3.56. The van der Waals surface area contributed by atoms with Crippen molar-refractivity contribution in [1.29, 1.82) is 0 Å². The lowest BCUT2D eigenvalue weighted by molar-refractivity contribution is -0.163. The second-order valence-electron chi connectivity index (χ2n) is 12.0. The Bertz CT molecular complexity index is 1850. The second-order valence-corrected chi connectivity index (χ2v) is 12.0. The van der Waals surface area contributed by atoms with Crippen LogP contribution in [0.5, 0.6) is 0 Å². The van der Waals surface area contributed by atoms with Crippen LogP contribution in [0.1, 0.15) is 56.0 Å². The van der Waals surface area contributed by atoms with Gasteiger partial charge >= 0.3 is 17.9 Å². The van der Waals surface area contributed by atoms with E-state index in [4.69, 9.17) is 13.9 Å². The summed E-state index contributed by atoms with van der Waals surface area (Å²) in [6.45, 7) is 6.07. The summed E-state index contributed by atoms with van der Waals surface area (Å²) in [7, 11) is 0. The van der Waals surface area contributed by atoms with Gasteiger partial charge in [0.1, 0.15) is 11.7 Å². The van der Waals surface area contributed by atoms with Gasteiger partial charge < -0.3 is 29.2 Å². The molecule has 0 saturated heterocycles. The number of carbonyl (C=O) groups is 6. The minimum atomic E-state index is -1.90. The van der Waals surface area contributed by atoms with Crippen molar-refractivity contribution in [2.45, 2.75) is 59.2 Å². The molecule has 1 aromatic heterocycles. The first-order valence-electron chi connectivity index (χ1n) is 16.2. The van der Waals surface area contributed by atoms with Gasteiger partial charge in [0.25, 0.3) is 11.8 Å². The van der Waals surface area contributed by atoms with Crippen LogP contribution in [0.4, 0.5) is 5.69 Å². The maximum atomic E-state index is 14.1. The Labute approximate surface area is 289 Å². The van der Waals surface area contributed by atoms with E-state index in [-0.39, 0.29) is 31.1 Å². The molecule has 1 heterocycles. The number of Topliss-reactive ketones (excluding diaryl/α,β-unsaturated/α-hetero) is 1. The summed E-state index contributed by atoms with van der Waals surface area (Å²) in [6, 6.07) is 23.7. The highest BCUT2D eigenvalue weighted by Crippen LogP contribution is 2.26. The Morgan fingerprint density at radius 2 is 1.52 bits per heavy atom. The number of ether oxygens (including phenoxy) is 2. The van der Waals surface area contributed by atoms with Crippen LogP contribution < -0.4 is 5.32 Å². The molecular weight excluding hydrogens is 644 g/mol. The van der Waals surface area contributed by atoms with Crippen LogP contribution >= 0.6 is 0 Å². The number of rotatable bonds is 16. The number of nitrogens with one attached hydrogen (secondary N) is 1. The van der Waals surface area contributed by atoms with E-state index in [0.717, 1.165) is 15.7 Å². The highest BCUT2D eigenvalue weighted by atomic mass is 16.5. The zero-order valence-electron chi connectivity index (χ0n) is 28.3. The number of carboxylic acids is 1. The number of carboxylic acid groups (broad SMARTS) is 1. The first kappa shape index (κ1) is 37.0. The molecule has 4 rings (SSSR count). The number of carbonyl (C=O) groups excluding carboxylic acids is 5. The Morgan fingerprint density at radius 3 is 2.18 bits per heavy atom. The van der Waals surface area contributed by atoms with Crippen LogP contribution in [0.25, 0.3) is 10.8 Å². The van der Waals surface area contributed by atoms with Gasteiger partial charge in [0.2, 0.25) is 5.78 Å². The molecular formula is C38H40N2O10. The zero-order valence-corrected chi connectivity index (χ0v) is 28.3. The van der Waals surface area contributed by atoms with Crippen molar-refractivity contribution < 1.29 is 47.8 Å². The molecule has 3 aromatic carbocycles. The fourth-order valence-corrected chi connectivity index (χ4v) is 5.45. The number of ketones is 1. The van der Waals surface area contributed by atoms with E-state index < -0.39 is 65.9 Å². The average molecular weight is 685 g/mol. The number of esters is 2. The standard InChI is InChI=1S/C38H40N2O10/c1-5-48-37(46)31(21-33(41)42)34(43)36(45)40(22-25-15-16-26-11-9-10-12-27(26)19-25)24(4)30(38(47)49-23(2)3)20-29-17-18-32(50-29)35(44)39-28-13-7-6-8-14-28/h6-19,23-24,30-31H,5,20-22H2,1-4H3,(H,39,44)(H,41,42). The molecule has 0 saturated carbocycles. The number of nitrogens with zero attached hydrogens (tertiary/aromatic N) is 1. The van der Waals surface area contributed by atoms with E-state index in [1.54, 1.807) is 51.1 Å². The molecule has 12 nitrogen and oxygen atoms in total. The number of aliphatic carboxylic acids is 1. The number of furan rings is 1. The Hall–Kier alpha value is -5.78. The first-order chi connectivity index (χ1) is 23.9. The highest BCUT2D eigenvalue weighted by molar-refractivity contribution is 6.40. The molecule has 0 aliphatic heterocycles. The van der Waals surface area contributed by atoms with Gasteiger partial charge in [0.15, 0.2) is 5.76 Å². The number of fused-ring (bicyclic) bond motifs is 1. The lowest BCUT2D eigenvalue weighted by Crippen LogP contribution is -2.50. The predicted octanol–water partition coefficient (Wildman–Crippen LogP) is 5.44. The number of anilines is 1. The van der Waals surface area contributed by atoms with E-state index in [9.17, 15) is 33.9 Å². The van der Waals surface area contributed by atoms with Crippen molar-refractivity contribution in [1.82, 2.24) is 4.90 Å². The van der Waals surface area contributed by atoms with Gasteiger partial charge in [0, 0.05) is 24.7 Å². The molecule has 2 N–H and O–H groups in total. The predicted molar refractivity (Wildman–Crippen MR) is 183 cm³/mol. The van der Waals surface area contributed by atoms with Crippen LogP contribution in [0.15, 0.2) is 89.3 Å². The maximum Gasteiger partial charge on any atom is 0.317 e. The van der Waals surface area contributed by atoms with Crippen LogP contribution in [0.2, 0.25) is 0 Å². The zero-order chi connectivity index (χ0) is 36.4. The van der Waals surface area contributed by atoms with Crippen LogP contribution in [0, 0.1) is 11.8 Å². The van der Waals surface area contributed by atoms with Crippen molar-refractivity contribution in [3.05, 3.63) is 102 Å². The number of para-hydroxylation sites is 1. The van der Waals surface area contributed by atoms with Gasteiger partial charge in [-0.05, 0) is 74.4 Å². The van der Waals surface area contributed by atoms with E-state index in [1.807, 2.05) is 42.5 Å². The van der Waals surface area contributed by atoms with Gasteiger partial charge in [-0.1, -0.05) is 54.6 Å². The number of hydrogen-bond donors (Lipinski definition) is 2. The number of benzene rings is 3. The van der Waals surface area contributed by atoms with Gasteiger partial charge in [-0.15, -0.1) is 0 Å². The Kier molecular flexibility index (Phi) is 12.6. The van der Waals surface area contributed by atoms with Crippen molar-refractivity contribution in [3.63, 3.8) is 0 Å². The molecule has 2 amide bonds. The summed E-state index contributed by atoms with van der Waals surface area (Å²) < 4.78 is 16.3. The number of hydrogen-bond acceptors (Lipinski definition) is 9. The Balaban J connectivity index is 1.71. The highest BCUT2D eigenvalue weighted by Gasteiger charge is 2.41. The monoisotopic (exact) mass is 684 g/mol.